The highest BCUT2D eigenvalue weighted by Crippen LogP contribution is 2.20. The summed E-state index contributed by atoms with van der Waals surface area (Å²) in [5, 5.41) is 0. The predicted octanol–water partition coefficient (Wildman–Crippen LogP) is 1.25. The Morgan fingerprint density at radius 3 is 2.73 bits per heavy atom. The molecule has 0 aliphatic carbocycles. The van der Waals surface area contributed by atoms with E-state index < -0.39 is 29.6 Å². The summed E-state index contributed by atoms with van der Waals surface area (Å²) in [7, 11) is 1.55. The number of carbonyl (C=O) groups is 1. The highest BCUT2D eigenvalue weighted by molar-refractivity contribution is 5.89. The minimum Gasteiger partial charge on any atom is -0.497 e. The normalized spacial score (nSPS) is 19.1. The smallest absolute Gasteiger partial charge is 0.338 e. The molecule has 0 amide bonds. The number of aromatic nitrogens is 2. The third kappa shape index (κ3) is 4.09. The van der Waals surface area contributed by atoms with E-state index in [-0.39, 0.29) is 6.61 Å². The summed E-state index contributed by atoms with van der Waals surface area (Å²) >= 11 is 0. The molecule has 2 atom stereocenters. The van der Waals surface area contributed by atoms with Gasteiger partial charge in [-0.2, -0.15) is 0 Å². The fraction of sp³-hybridized carbons (Fsp3) is 0.278. The second kappa shape index (κ2) is 7.83. The van der Waals surface area contributed by atoms with E-state index in [0.717, 1.165) is 0 Å². The Morgan fingerprint density at radius 1 is 1.27 bits per heavy atom. The zero-order valence-electron chi connectivity index (χ0n) is 14.1. The maximum absolute atomic E-state index is 12.1. The molecule has 2 heterocycles. The number of methoxy groups -OCH3 is 1. The van der Waals surface area contributed by atoms with Crippen molar-refractivity contribution in [2.45, 2.75) is 18.8 Å². The van der Waals surface area contributed by atoms with Gasteiger partial charge in [0, 0.05) is 12.3 Å². The van der Waals surface area contributed by atoms with Crippen LogP contribution in [-0.2, 0) is 9.47 Å². The average Bonchev–Trinajstić information content (AvgIpc) is 2.66. The molecule has 8 nitrogen and oxygen atoms in total. The number of aromatic amines is 1. The fourth-order valence-corrected chi connectivity index (χ4v) is 2.52. The average molecular weight is 358 g/mol. The van der Waals surface area contributed by atoms with Gasteiger partial charge in [0.05, 0.1) is 18.8 Å². The van der Waals surface area contributed by atoms with E-state index in [2.05, 4.69) is 4.98 Å². The van der Waals surface area contributed by atoms with Crippen molar-refractivity contribution in [3.8, 4) is 5.75 Å². The maximum atomic E-state index is 12.1. The first-order valence-corrected chi connectivity index (χ1v) is 8.01. The molecule has 8 heteroatoms. The van der Waals surface area contributed by atoms with E-state index in [0.29, 0.717) is 17.7 Å². The van der Waals surface area contributed by atoms with Crippen molar-refractivity contribution < 1.29 is 19.0 Å². The molecule has 0 saturated carbocycles. The number of hydrogen-bond donors (Lipinski definition) is 1. The van der Waals surface area contributed by atoms with E-state index in [9.17, 15) is 14.4 Å². The number of nitrogens with zero attached hydrogens (tertiary/aromatic N) is 1. The van der Waals surface area contributed by atoms with Gasteiger partial charge in [-0.1, -0.05) is 6.08 Å². The molecule has 1 aromatic heterocycles. The first-order chi connectivity index (χ1) is 12.6. The number of hydrogen-bond acceptors (Lipinski definition) is 6. The van der Waals surface area contributed by atoms with Gasteiger partial charge in [0.1, 0.15) is 12.4 Å². The van der Waals surface area contributed by atoms with E-state index in [1.807, 2.05) is 6.08 Å². The Kier molecular flexibility index (Phi) is 5.33. The Labute approximate surface area is 148 Å². The van der Waals surface area contributed by atoms with Crippen LogP contribution in [0.2, 0.25) is 0 Å². The number of carbonyl (C=O) groups excluding carboxylic acids is 1. The summed E-state index contributed by atoms with van der Waals surface area (Å²) in [4.78, 5) is 37.3. The molecule has 136 valence electrons. The standard InChI is InChI=1S/C18H18N2O6/c1-24-13-7-5-12(6-8-13)17(22)25-11-14-3-2-4-16(26-14)20-10-9-15(21)19-18(20)23/h2,4-10,14,16H,3,11H2,1H3,(H,19,21,23)/t14-,16-/m0/s1. The molecule has 1 N–H and O–H groups in total. The molecule has 2 aromatic rings. The summed E-state index contributed by atoms with van der Waals surface area (Å²) in [6.45, 7) is 0.0454. The molecule has 3 rings (SSSR count). The van der Waals surface area contributed by atoms with Gasteiger partial charge in [-0.3, -0.25) is 14.3 Å². The molecule has 26 heavy (non-hydrogen) atoms. The van der Waals surface area contributed by atoms with Crippen LogP contribution in [0.25, 0.3) is 0 Å². The van der Waals surface area contributed by atoms with Crippen molar-refractivity contribution in [3.63, 3.8) is 0 Å². The summed E-state index contributed by atoms with van der Waals surface area (Å²) in [5.74, 6) is 0.181. The molecular weight excluding hydrogens is 340 g/mol. The van der Waals surface area contributed by atoms with Crippen LogP contribution < -0.4 is 16.0 Å². The number of ether oxygens (including phenoxy) is 3. The molecule has 1 aromatic carbocycles. The fourth-order valence-electron chi connectivity index (χ4n) is 2.52. The van der Waals surface area contributed by atoms with E-state index >= 15 is 0 Å². The van der Waals surface area contributed by atoms with Gasteiger partial charge >= 0.3 is 11.7 Å². The van der Waals surface area contributed by atoms with Crippen molar-refractivity contribution in [1.82, 2.24) is 9.55 Å². The van der Waals surface area contributed by atoms with E-state index in [1.165, 1.54) is 16.8 Å². The molecule has 0 radical (unpaired) electrons. The van der Waals surface area contributed by atoms with Crippen LogP contribution in [0.1, 0.15) is 23.0 Å². The number of nitrogens with one attached hydrogen (secondary N) is 1. The van der Waals surface area contributed by atoms with Gasteiger partial charge in [-0.25, -0.2) is 9.59 Å². The van der Waals surface area contributed by atoms with Crippen LogP contribution >= 0.6 is 0 Å². The Hall–Kier alpha value is -3.13. The van der Waals surface area contributed by atoms with Crippen LogP contribution in [-0.4, -0.2) is 35.3 Å². The summed E-state index contributed by atoms with van der Waals surface area (Å²) < 4.78 is 17.4. The van der Waals surface area contributed by atoms with Crippen molar-refractivity contribution in [2.24, 2.45) is 0 Å². The second-order valence-electron chi connectivity index (χ2n) is 5.66. The molecular formula is C18H18N2O6. The topological polar surface area (TPSA) is 99.6 Å². The predicted molar refractivity (Wildman–Crippen MR) is 92.3 cm³/mol. The van der Waals surface area contributed by atoms with Gasteiger partial charge in [0.15, 0.2) is 6.23 Å². The highest BCUT2D eigenvalue weighted by Gasteiger charge is 2.22. The lowest BCUT2D eigenvalue weighted by atomic mass is 10.2. The zero-order valence-corrected chi connectivity index (χ0v) is 14.1. The number of H-pyrrole nitrogens is 1. The van der Waals surface area contributed by atoms with Gasteiger partial charge in [0.2, 0.25) is 0 Å². The Morgan fingerprint density at radius 2 is 2.04 bits per heavy atom. The van der Waals surface area contributed by atoms with Crippen molar-refractivity contribution in [1.29, 1.82) is 0 Å². The number of esters is 1. The quantitative estimate of drug-likeness (QED) is 0.638. The van der Waals surface area contributed by atoms with E-state index in [1.54, 1.807) is 37.5 Å². The maximum Gasteiger partial charge on any atom is 0.338 e. The van der Waals surface area contributed by atoms with Crippen LogP contribution in [0.4, 0.5) is 0 Å². The van der Waals surface area contributed by atoms with Gasteiger partial charge in [0.25, 0.3) is 5.56 Å². The monoisotopic (exact) mass is 358 g/mol. The molecule has 0 fully saturated rings. The molecule has 0 spiro atoms. The zero-order chi connectivity index (χ0) is 18.5. The van der Waals surface area contributed by atoms with Crippen LogP contribution in [0, 0.1) is 0 Å². The minimum atomic E-state index is -0.669. The van der Waals surface area contributed by atoms with Crippen molar-refractivity contribution >= 4 is 5.97 Å². The number of rotatable bonds is 5. The molecule has 0 saturated heterocycles. The van der Waals surface area contributed by atoms with Crippen LogP contribution in [0.3, 0.4) is 0 Å². The third-order valence-corrected chi connectivity index (χ3v) is 3.88. The third-order valence-electron chi connectivity index (χ3n) is 3.88. The molecule has 1 aliphatic rings. The largest absolute Gasteiger partial charge is 0.497 e. The van der Waals surface area contributed by atoms with Gasteiger partial charge in [-0.05, 0) is 36.8 Å². The van der Waals surface area contributed by atoms with E-state index in [4.69, 9.17) is 14.2 Å². The molecule has 1 aliphatic heterocycles. The van der Waals surface area contributed by atoms with Crippen molar-refractivity contribution in [2.75, 3.05) is 13.7 Å². The molecule has 0 unspecified atom stereocenters. The molecule has 0 bridgehead atoms. The second-order valence-corrected chi connectivity index (χ2v) is 5.66. The van der Waals surface area contributed by atoms with Crippen LogP contribution in [0.15, 0.2) is 58.3 Å². The lowest BCUT2D eigenvalue weighted by Gasteiger charge is -2.26. The lowest BCUT2D eigenvalue weighted by molar-refractivity contribution is -0.0639. The Balaban J connectivity index is 1.60. The van der Waals surface area contributed by atoms with Crippen molar-refractivity contribution in [3.05, 3.63) is 75.1 Å². The number of benzene rings is 1. The SMILES string of the molecule is COc1ccc(C(=O)OC[C@@H]2CC=C[C@@H](n3ccc(=O)[nH]c3=O)O2)cc1. The minimum absolute atomic E-state index is 0.0454. The van der Waals surface area contributed by atoms with Gasteiger partial charge < -0.3 is 14.2 Å². The first kappa shape index (κ1) is 17.7. The summed E-state index contributed by atoms with van der Waals surface area (Å²) in [5.41, 5.74) is -0.635. The lowest BCUT2D eigenvalue weighted by Crippen LogP contribution is -2.35. The van der Waals surface area contributed by atoms with Crippen LogP contribution in [0.5, 0.6) is 5.75 Å². The summed E-state index contributed by atoms with van der Waals surface area (Å²) in [6.07, 6.45) is 4.40. The highest BCUT2D eigenvalue weighted by atomic mass is 16.6. The summed E-state index contributed by atoms with van der Waals surface area (Å²) in [6, 6.07) is 7.83. The Bertz CT molecular complexity index is 912. The first-order valence-electron chi connectivity index (χ1n) is 8.01. The van der Waals surface area contributed by atoms with Gasteiger partial charge in [-0.15, -0.1) is 0 Å².